The summed E-state index contributed by atoms with van der Waals surface area (Å²) in [6.45, 7) is 0.781. The number of fused-ring (bicyclic) bond motifs is 2. The summed E-state index contributed by atoms with van der Waals surface area (Å²) < 4.78 is 13.8. The van der Waals surface area contributed by atoms with E-state index >= 15 is 0 Å². The van der Waals surface area contributed by atoms with Crippen LogP contribution in [0.5, 0.6) is 0 Å². The molecule has 0 saturated heterocycles. The molecule has 1 aromatic rings. The molecule has 5 heteroatoms. The average molecular weight is 355 g/mol. The zero-order valence-electron chi connectivity index (χ0n) is 12.1. The molecule has 21 heavy (non-hydrogen) atoms. The lowest BCUT2D eigenvalue weighted by atomic mass is 9.88. The molecule has 1 amide bonds. The molecule has 3 atom stereocenters. The van der Waals surface area contributed by atoms with Crippen LogP contribution < -0.4 is 5.73 Å². The molecule has 1 aromatic carbocycles. The van der Waals surface area contributed by atoms with Crippen LogP contribution in [0.25, 0.3) is 0 Å². The Morgan fingerprint density at radius 3 is 2.81 bits per heavy atom. The maximum Gasteiger partial charge on any atom is 0.254 e. The number of amides is 1. The normalized spacial score (nSPS) is 27.1. The summed E-state index contributed by atoms with van der Waals surface area (Å²) in [5, 5.41) is 0. The summed E-state index contributed by atoms with van der Waals surface area (Å²) in [7, 11) is 1.82. The van der Waals surface area contributed by atoms with Gasteiger partial charge in [-0.3, -0.25) is 4.79 Å². The Morgan fingerprint density at radius 2 is 2.19 bits per heavy atom. The molecule has 2 aliphatic rings. The first-order valence-electron chi connectivity index (χ1n) is 7.45. The summed E-state index contributed by atoms with van der Waals surface area (Å²) >= 11 is 3.25. The number of carbonyl (C=O) groups excluding carboxylic acids is 1. The smallest absolute Gasteiger partial charge is 0.254 e. The highest BCUT2D eigenvalue weighted by Gasteiger charge is 2.40. The highest BCUT2D eigenvalue weighted by atomic mass is 79.9. The van der Waals surface area contributed by atoms with Gasteiger partial charge >= 0.3 is 0 Å². The van der Waals surface area contributed by atoms with E-state index in [-0.39, 0.29) is 11.6 Å². The molecular weight excluding hydrogens is 335 g/mol. The third-order valence-electron chi connectivity index (χ3n) is 5.06. The van der Waals surface area contributed by atoms with Crippen LogP contribution in [0.3, 0.4) is 0 Å². The minimum absolute atomic E-state index is 0.00914. The van der Waals surface area contributed by atoms with E-state index in [1.807, 2.05) is 7.05 Å². The summed E-state index contributed by atoms with van der Waals surface area (Å²) in [6.07, 6.45) is 5.25. The summed E-state index contributed by atoms with van der Waals surface area (Å²) in [5.41, 5.74) is 6.01. The standard InChI is InChI=1S/C16H20BrFN2O/c1-20(8-11-5-9-2-3-10(11)4-9)16(21)12-6-15(19)14(18)7-13(12)17/h6-7,9-11H,2-5,8,19H2,1H3. The Balaban J connectivity index is 1.71. The van der Waals surface area contributed by atoms with Gasteiger partial charge in [0, 0.05) is 18.1 Å². The van der Waals surface area contributed by atoms with Crippen LogP contribution in [-0.2, 0) is 0 Å². The SMILES string of the molecule is CN(CC1CC2CCC1C2)C(=O)c1cc(N)c(F)cc1Br. The van der Waals surface area contributed by atoms with Crippen LogP contribution in [-0.4, -0.2) is 24.4 Å². The molecule has 3 rings (SSSR count). The van der Waals surface area contributed by atoms with Gasteiger partial charge in [-0.05, 0) is 65.1 Å². The van der Waals surface area contributed by atoms with E-state index in [0.29, 0.717) is 16.0 Å². The third kappa shape index (κ3) is 2.80. The third-order valence-corrected chi connectivity index (χ3v) is 5.71. The van der Waals surface area contributed by atoms with Gasteiger partial charge < -0.3 is 10.6 Å². The Kier molecular flexibility index (Phi) is 3.95. The van der Waals surface area contributed by atoms with Gasteiger partial charge in [-0.25, -0.2) is 4.39 Å². The second-order valence-corrected chi connectivity index (χ2v) is 7.33. The molecule has 3 unspecified atom stereocenters. The summed E-state index contributed by atoms with van der Waals surface area (Å²) in [4.78, 5) is 14.3. The topological polar surface area (TPSA) is 46.3 Å². The van der Waals surface area contributed by atoms with Gasteiger partial charge in [-0.15, -0.1) is 0 Å². The Labute approximate surface area is 132 Å². The lowest BCUT2D eigenvalue weighted by molar-refractivity contribution is 0.0753. The largest absolute Gasteiger partial charge is 0.396 e. The van der Waals surface area contributed by atoms with E-state index in [9.17, 15) is 9.18 Å². The van der Waals surface area contributed by atoms with Gasteiger partial charge in [0.25, 0.3) is 5.91 Å². The zero-order valence-corrected chi connectivity index (χ0v) is 13.7. The zero-order chi connectivity index (χ0) is 15.1. The van der Waals surface area contributed by atoms with Crippen molar-refractivity contribution in [2.75, 3.05) is 19.3 Å². The molecule has 2 N–H and O–H groups in total. The van der Waals surface area contributed by atoms with Crippen LogP contribution in [0.1, 0.15) is 36.0 Å². The first kappa shape index (κ1) is 14.8. The number of nitrogens with zero attached hydrogens (tertiary/aromatic N) is 1. The molecule has 0 spiro atoms. The van der Waals surface area contributed by atoms with Gasteiger partial charge in [0.1, 0.15) is 5.82 Å². The Morgan fingerprint density at radius 1 is 1.43 bits per heavy atom. The predicted molar refractivity (Wildman–Crippen MR) is 84.4 cm³/mol. The maximum atomic E-state index is 13.4. The number of halogens is 2. The molecule has 3 nitrogen and oxygen atoms in total. The molecule has 0 heterocycles. The molecule has 2 aliphatic carbocycles. The monoisotopic (exact) mass is 354 g/mol. The molecule has 2 fully saturated rings. The predicted octanol–water partition coefficient (Wildman–Crippen LogP) is 3.68. The van der Waals surface area contributed by atoms with Crippen molar-refractivity contribution in [3.05, 3.63) is 28.0 Å². The first-order chi connectivity index (χ1) is 9.95. The van der Waals surface area contributed by atoms with E-state index in [4.69, 9.17) is 5.73 Å². The number of hydrogen-bond donors (Lipinski definition) is 1. The quantitative estimate of drug-likeness (QED) is 0.841. The van der Waals surface area contributed by atoms with Gasteiger partial charge in [0.15, 0.2) is 0 Å². The van der Waals surface area contributed by atoms with Crippen molar-refractivity contribution in [3.8, 4) is 0 Å². The molecular formula is C16H20BrFN2O. The second kappa shape index (κ2) is 5.59. The fourth-order valence-corrected chi connectivity index (χ4v) is 4.46. The first-order valence-corrected chi connectivity index (χ1v) is 8.25. The molecule has 0 aromatic heterocycles. The number of carbonyl (C=O) groups is 1. The fourth-order valence-electron chi connectivity index (χ4n) is 3.97. The lowest BCUT2D eigenvalue weighted by Gasteiger charge is -2.27. The number of nitrogens with two attached hydrogens (primary N) is 1. The van der Waals surface area contributed by atoms with Crippen molar-refractivity contribution in [1.29, 1.82) is 0 Å². The van der Waals surface area contributed by atoms with Crippen LogP contribution >= 0.6 is 15.9 Å². The van der Waals surface area contributed by atoms with E-state index in [1.54, 1.807) is 4.90 Å². The molecule has 0 radical (unpaired) electrons. The van der Waals surface area contributed by atoms with Crippen molar-refractivity contribution in [2.24, 2.45) is 17.8 Å². The number of benzene rings is 1. The van der Waals surface area contributed by atoms with Crippen LogP contribution in [0, 0.1) is 23.6 Å². The minimum Gasteiger partial charge on any atom is -0.396 e. The highest BCUT2D eigenvalue weighted by molar-refractivity contribution is 9.10. The van der Waals surface area contributed by atoms with Crippen LogP contribution in [0.2, 0.25) is 0 Å². The Bertz CT molecular complexity index is 578. The Hall–Kier alpha value is -1.10. The van der Waals surface area contributed by atoms with Crippen LogP contribution in [0.15, 0.2) is 16.6 Å². The summed E-state index contributed by atoms with van der Waals surface area (Å²) in [6, 6.07) is 2.67. The number of rotatable bonds is 3. The average Bonchev–Trinajstić information content (AvgIpc) is 3.04. The van der Waals surface area contributed by atoms with Crippen LogP contribution in [0.4, 0.5) is 10.1 Å². The van der Waals surface area contributed by atoms with Crippen molar-refractivity contribution >= 4 is 27.5 Å². The lowest BCUT2D eigenvalue weighted by Crippen LogP contribution is -2.34. The maximum absolute atomic E-state index is 13.4. The molecule has 0 aliphatic heterocycles. The van der Waals surface area contributed by atoms with Gasteiger partial charge in [-0.1, -0.05) is 6.42 Å². The molecule has 2 bridgehead atoms. The van der Waals surface area contributed by atoms with Gasteiger partial charge in [0.05, 0.1) is 11.3 Å². The van der Waals surface area contributed by atoms with E-state index in [2.05, 4.69) is 15.9 Å². The van der Waals surface area contributed by atoms with E-state index < -0.39 is 5.82 Å². The van der Waals surface area contributed by atoms with Gasteiger partial charge in [-0.2, -0.15) is 0 Å². The van der Waals surface area contributed by atoms with Crippen molar-refractivity contribution in [2.45, 2.75) is 25.7 Å². The highest BCUT2D eigenvalue weighted by Crippen LogP contribution is 2.48. The minimum atomic E-state index is -0.505. The number of anilines is 1. The van der Waals surface area contributed by atoms with Crippen molar-refractivity contribution in [1.82, 2.24) is 4.90 Å². The fraction of sp³-hybridized carbons (Fsp3) is 0.562. The van der Waals surface area contributed by atoms with Crippen molar-refractivity contribution in [3.63, 3.8) is 0 Å². The molecule has 114 valence electrons. The van der Waals surface area contributed by atoms with E-state index in [0.717, 1.165) is 18.4 Å². The van der Waals surface area contributed by atoms with Gasteiger partial charge in [0.2, 0.25) is 0 Å². The number of nitrogen functional groups attached to an aromatic ring is 1. The van der Waals surface area contributed by atoms with E-state index in [1.165, 1.54) is 37.8 Å². The second-order valence-electron chi connectivity index (χ2n) is 6.47. The number of hydrogen-bond acceptors (Lipinski definition) is 2. The summed E-state index contributed by atoms with van der Waals surface area (Å²) in [5.74, 6) is 1.67. The van der Waals surface area contributed by atoms with Crippen molar-refractivity contribution < 1.29 is 9.18 Å². The molecule has 2 saturated carbocycles.